The van der Waals surface area contributed by atoms with Crippen molar-refractivity contribution in [1.29, 1.82) is 0 Å². The number of carbonyl (C=O) groups excluding carboxylic acids is 1. The van der Waals surface area contributed by atoms with Crippen LogP contribution in [0.5, 0.6) is 0 Å². The van der Waals surface area contributed by atoms with Crippen molar-refractivity contribution in [3.8, 4) is 0 Å². The highest BCUT2D eigenvalue weighted by Gasteiger charge is 2.61. The Morgan fingerprint density at radius 3 is 1.17 bits per heavy atom. The molecule has 16 nitrogen and oxygen atoms in total. The summed E-state index contributed by atoms with van der Waals surface area (Å²) in [5.74, 6) is -22.5. The predicted octanol–water partition coefficient (Wildman–Crippen LogP) is 8.58. The lowest BCUT2D eigenvalue weighted by molar-refractivity contribution is -0.411. The van der Waals surface area contributed by atoms with E-state index in [1.165, 1.54) is 6.92 Å². The molecule has 38 heteroatoms. The molecule has 0 saturated heterocycles. The van der Waals surface area contributed by atoms with Gasteiger partial charge in [-0.15, -0.1) is 28.2 Å². The summed E-state index contributed by atoms with van der Waals surface area (Å²) in [6, 6.07) is 0. The molecule has 0 amide bonds. The molecule has 0 aromatic carbocycles. The fourth-order valence-corrected chi connectivity index (χ4v) is 3.61. The zero-order chi connectivity index (χ0) is 57.2. The second-order valence-corrected chi connectivity index (χ2v) is 13.6. The van der Waals surface area contributed by atoms with E-state index in [9.17, 15) is 112 Å². The first-order chi connectivity index (χ1) is 31.5. The van der Waals surface area contributed by atoms with Gasteiger partial charge in [-0.05, 0) is 28.1 Å². The number of carboxylic acids is 4. The summed E-state index contributed by atoms with van der Waals surface area (Å²) < 4.78 is 254. The standard InChI is InChI=1S/C10H13F5O6S.C6H7F5O2.2C4H5F5O.C4H6O4S.C4H8O2/c11-9(21-15,10(12,13)14)5-20-2-1-3-22-6(8(18)19)4-7(16)17;1-2-3-12-4-5(7,13-11)6(8,9)10;2*1-10-3(6,2-5)4(7,8)9;5-3(6)1-2(9)4(7)8;1-3-6-4(2)5/h6H,1-5H2,(H,16,17)(H,18,19);2H,1,3-4H2;2*2H2,1H3;2,9H,1H2,(H,5,6)(H,7,8);3H2,1-2H3. The molecular weight excluding hydrogens is 1080 g/mol. The van der Waals surface area contributed by atoms with E-state index < -0.39 is 129 Å². The third kappa shape index (κ3) is 35.3. The fraction of sp³-hybridized carbons (Fsp3) is 0.781. The third-order valence-corrected chi connectivity index (χ3v) is 7.83. The summed E-state index contributed by atoms with van der Waals surface area (Å²) in [5, 5.41) is 31.0. The molecule has 0 fully saturated rings. The maximum atomic E-state index is 12.9. The van der Waals surface area contributed by atoms with Crippen LogP contribution in [0.4, 0.5) is 88.1 Å². The lowest BCUT2D eigenvalue weighted by Crippen LogP contribution is -2.46. The maximum absolute atomic E-state index is 12.9. The van der Waals surface area contributed by atoms with E-state index in [1.807, 2.05) is 0 Å². The van der Waals surface area contributed by atoms with E-state index in [2.05, 4.69) is 52.8 Å². The number of alkyl halides is 18. The minimum atomic E-state index is -5.60. The van der Waals surface area contributed by atoms with Gasteiger partial charge in [-0.3, -0.25) is 24.0 Å². The number of thiol groups is 1. The van der Waals surface area contributed by atoms with E-state index in [4.69, 9.17) is 20.4 Å². The Hall–Kier alpha value is -3.85. The van der Waals surface area contributed by atoms with Crippen LogP contribution in [-0.2, 0) is 57.5 Å². The van der Waals surface area contributed by atoms with Gasteiger partial charge < -0.3 is 44.1 Å². The molecule has 0 aromatic rings. The number of carbonyl (C=O) groups is 5. The van der Waals surface area contributed by atoms with Crippen molar-refractivity contribution in [2.24, 2.45) is 0 Å². The van der Waals surface area contributed by atoms with Crippen molar-refractivity contribution in [2.75, 3.05) is 66.4 Å². The number of ether oxygens (including phenoxy) is 5. The van der Waals surface area contributed by atoms with Gasteiger partial charge in [0.15, 0.2) is 13.3 Å². The van der Waals surface area contributed by atoms with Crippen LogP contribution < -0.4 is 0 Å². The number of rotatable bonds is 24. The van der Waals surface area contributed by atoms with Crippen molar-refractivity contribution in [2.45, 2.75) is 91.7 Å². The molecule has 0 spiro atoms. The highest BCUT2D eigenvalue weighted by atomic mass is 32.2. The summed E-state index contributed by atoms with van der Waals surface area (Å²) in [4.78, 5) is 55.0. The van der Waals surface area contributed by atoms with Crippen LogP contribution in [0.15, 0.2) is 12.7 Å². The first kappa shape index (κ1) is 77.6. The van der Waals surface area contributed by atoms with Crippen LogP contribution in [0.1, 0.15) is 33.1 Å². The zero-order valence-corrected chi connectivity index (χ0v) is 37.5. The number of halogens is 20. The van der Waals surface area contributed by atoms with Crippen LogP contribution in [0.3, 0.4) is 0 Å². The van der Waals surface area contributed by atoms with Gasteiger partial charge in [-0.2, -0.15) is 82.9 Å². The first-order valence-electron chi connectivity index (χ1n) is 17.4. The van der Waals surface area contributed by atoms with Gasteiger partial charge in [-0.1, -0.05) is 6.08 Å². The van der Waals surface area contributed by atoms with E-state index in [0.29, 0.717) is 20.8 Å². The summed E-state index contributed by atoms with van der Waals surface area (Å²) in [5.41, 5.74) is 0. The largest absolute Gasteiger partial charge is 0.481 e. The molecule has 0 heterocycles. The predicted molar refractivity (Wildman–Crippen MR) is 197 cm³/mol. The monoisotopic (exact) mass is 1130 g/mol. The molecule has 0 saturated carbocycles. The normalized spacial score (nSPS) is 15.7. The van der Waals surface area contributed by atoms with Crippen LogP contribution in [0.25, 0.3) is 0 Å². The number of hydrogen-bond acceptors (Lipinski definition) is 14. The van der Waals surface area contributed by atoms with Crippen molar-refractivity contribution >= 4 is 54.2 Å². The third-order valence-electron chi connectivity index (χ3n) is 6.13. The van der Waals surface area contributed by atoms with Crippen molar-refractivity contribution in [3.63, 3.8) is 0 Å². The molecule has 0 radical (unpaired) electrons. The first-order valence-corrected chi connectivity index (χ1v) is 18.9. The van der Waals surface area contributed by atoms with Gasteiger partial charge >= 0.3 is 78.0 Å². The molecule has 0 aliphatic carbocycles. The van der Waals surface area contributed by atoms with Crippen LogP contribution in [-0.4, -0.2) is 175 Å². The lowest BCUT2D eigenvalue weighted by Gasteiger charge is -2.22. The molecule has 0 aromatic heterocycles. The molecule has 70 heavy (non-hydrogen) atoms. The van der Waals surface area contributed by atoms with Crippen molar-refractivity contribution in [3.05, 3.63) is 12.7 Å². The highest BCUT2D eigenvalue weighted by molar-refractivity contribution is 8.00. The summed E-state index contributed by atoms with van der Waals surface area (Å²) in [6.07, 6.45) is -21.7. The SMILES string of the molecule is C=CCOCC(F)(OF)C(F)(F)F.CCOC(C)=O.COC(F)(CF)C(F)(F)F.COC(F)(CF)C(F)(F)F.O=C(O)CC(S)C(=O)O.O=C(O)CC(SCCCOCC(F)(OF)C(F)(F)F)C(=O)O. The lowest BCUT2D eigenvalue weighted by atomic mass is 10.3. The van der Waals surface area contributed by atoms with Crippen molar-refractivity contribution in [1.82, 2.24) is 0 Å². The number of thioether (sulfide) groups is 1. The number of esters is 1. The topological polar surface area (TPSA) is 231 Å². The Morgan fingerprint density at radius 1 is 0.629 bits per heavy atom. The quantitative estimate of drug-likeness (QED) is 0.0200. The molecule has 0 aliphatic rings. The van der Waals surface area contributed by atoms with Crippen LogP contribution >= 0.6 is 24.4 Å². The minimum Gasteiger partial charge on any atom is -0.481 e. The summed E-state index contributed by atoms with van der Waals surface area (Å²) >= 11 is 4.23. The van der Waals surface area contributed by atoms with Crippen LogP contribution in [0.2, 0.25) is 0 Å². The van der Waals surface area contributed by atoms with Crippen LogP contribution in [0, 0.1) is 0 Å². The fourth-order valence-electron chi connectivity index (χ4n) is 2.48. The van der Waals surface area contributed by atoms with Gasteiger partial charge in [-0.25, -0.2) is 8.78 Å². The molecule has 0 rings (SSSR count). The molecule has 420 valence electrons. The maximum Gasteiger partial charge on any atom is 0.454 e. The average molecular weight is 1130 g/mol. The molecular formula is C32H44F20O16S2. The Kier molecular flexibility index (Phi) is 41.0. The van der Waals surface area contributed by atoms with E-state index in [1.54, 1.807) is 6.92 Å². The summed E-state index contributed by atoms with van der Waals surface area (Å²) in [7, 11) is 0.903. The molecule has 6 atom stereocenters. The van der Waals surface area contributed by atoms with Gasteiger partial charge in [0, 0.05) is 27.8 Å². The minimum absolute atomic E-state index is 0.00822. The Morgan fingerprint density at radius 2 is 0.986 bits per heavy atom. The average Bonchev–Trinajstić information content (AvgIpc) is 3.22. The smallest absolute Gasteiger partial charge is 0.454 e. The van der Waals surface area contributed by atoms with Crippen molar-refractivity contribution < 1.29 is 166 Å². The molecule has 0 aliphatic heterocycles. The highest BCUT2D eigenvalue weighted by Crippen LogP contribution is 2.38. The number of carboxylic acid groups (broad SMARTS) is 4. The van der Waals surface area contributed by atoms with Gasteiger partial charge in [0.1, 0.15) is 23.7 Å². The number of methoxy groups -OCH3 is 2. The molecule has 4 N–H and O–H groups in total. The second kappa shape index (κ2) is 37.0. The van der Waals surface area contributed by atoms with E-state index >= 15 is 0 Å². The number of hydrogen-bond donors (Lipinski definition) is 5. The van der Waals surface area contributed by atoms with Gasteiger partial charge in [0.2, 0.25) is 0 Å². The van der Waals surface area contributed by atoms with E-state index in [0.717, 1.165) is 17.8 Å². The molecule has 6 unspecified atom stereocenters. The van der Waals surface area contributed by atoms with Gasteiger partial charge in [0.05, 0.1) is 26.1 Å². The zero-order valence-electron chi connectivity index (χ0n) is 35.8. The Bertz CT molecular complexity index is 1440. The second-order valence-electron chi connectivity index (χ2n) is 11.6. The van der Waals surface area contributed by atoms with Gasteiger partial charge in [0.25, 0.3) is 0 Å². The number of aliphatic carboxylic acids is 4. The Balaban J connectivity index is -0.000000185. The summed E-state index contributed by atoms with van der Waals surface area (Å²) in [6.45, 7) is -1.73. The van der Waals surface area contributed by atoms with E-state index in [-0.39, 0.29) is 24.7 Å². The molecule has 0 bridgehead atoms. The Labute approximate surface area is 391 Å².